The molecule has 3 aliphatic rings. The van der Waals surface area contributed by atoms with Crippen molar-refractivity contribution in [1.29, 1.82) is 0 Å². The number of benzene rings is 1. The van der Waals surface area contributed by atoms with Gasteiger partial charge >= 0.3 is 5.97 Å². The molecule has 0 spiro atoms. The van der Waals surface area contributed by atoms with Gasteiger partial charge in [-0.05, 0) is 28.0 Å². The van der Waals surface area contributed by atoms with Crippen LogP contribution in [0.4, 0.5) is 5.13 Å². The fourth-order valence-electron chi connectivity index (χ4n) is 5.74. The number of hydrogen-bond acceptors (Lipinski definition) is 15. The van der Waals surface area contributed by atoms with Crippen molar-refractivity contribution >= 4 is 63.5 Å². The number of thiazole rings is 1. The standard InChI is InChI=1S/C29H35N11O5S3/c1-45-34-21(20-17-47-28(30)31-20)24(41)32-22-25(42)40-23(27(43)44)19(15-46-26(22)40)16-48-29-33-35-36-39(29)9-5-8-37-10-12-38(13-11-37)14-18-6-3-2-4-7-18/h2-4,6-7,17,22,26H,5,8-16H2,1H3,(H2,30,31)(H,32,41)(H,43,44)/t22?,26-/m1/s1. The van der Waals surface area contributed by atoms with Crippen LogP contribution in [0.2, 0.25) is 0 Å². The molecule has 1 unspecified atom stereocenters. The van der Waals surface area contributed by atoms with Crippen LogP contribution in [-0.4, -0.2) is 131 Å². The summed E-state index contributed by atoms with van der Waals surface area (Å²) in [5, 5.41) is 30.5. The van der Waals surface area contributed by atoms with Crippen LogP contribution in [0.3, 0.4) is 0 Å². The molecule has 3 aromatic rings. The summed E-state index contributed by atoms with van der Waals surface area (Å²) in [7, 11) is 1.29. The topological polar surface area (TPSA) is 197 Å². The number of fused-ring (bicyclic) bond motifs is 1. The fourth-order valence-corrected chi connectivity index (χ4v) is 8.68. The molecule has 2 amide bonds. The number of carbonyl (C=O) groups excluding carboxylic acids is 2. The summed E-state index contributed by atoms with van der Waals surface area (Å²) in [6.07, 6.45) is 0.875. The molecule has 2 fully saturated rings. The van der Waals surface area contributed by atoms with Gasteiger partial charge in [0.05, 0.1) is 0 Å². The Kier molecular flexibility index (Phi) is 10.9. The zero-order chi connectivity index (χ0) is 33.6. The number of nitrogen functional groups attached to an aromatic ring is 1. The molecule has 2 atom stereocenters. The van der Waals surface area contributed by atoms with Gasteiger partial charge < -0.3 is 25.9 Å². The highest BCUT2D eigenvalue weighted by atomic mass is 32.2. The molecule has 0 bridgehead atoms. The van der Waals surface area contributed by atoms with Crippen molar-refractivity contribution in [3.63, 3.8) is 0 Å². The summed E-state index contributed by atoms with van der Waals surface area (Å²) in [5.41, 5.74) is 7.60. The number of aliphatic carboxylic acids is 1. The van der Waals surface area contributed by atoms with Crippen molar-refractivity contribution in [2.24, 2.45) is 5.16 Å². The number of anilines is 1. The minimum Gasteiger partial charge on any atom is -0.477 e. The second-order valence-electron chi connectivity index (χ2n) is 11.2. The first kappa shape index (κ1) is 33.8. The zero-order valence-corrected chi connectivity index (χ0v) is 28.5. The molecule has 2 saturated heterocycles. The normalized spacial score (nSPS) is 20.4. The summed E-state index contributed by atoms with van der Waals surface area (Å²) in [6, 6.07) is 9.58. The lowest BCUT2D eigenvalue weighted by molar-refractivity contribution is -0.150. The van der Waals surface area contributed by atoms with Crippen molar-refractivity contribution in [2.45, 2.75) is 36.1 Å². The van der Waals surface area contributed by atoms with Crippen LogP contribution in [-0.2, 0) is 32.3 Å². The number of oxime groups is 1. The van der Waals surface area contributed by atoms with Crippen molar-refractivity contribution in [3.8, 4) is 0 Å². The number of hydrogen-bond donors (Lipinski definition) is 3. The van der Waals surface area contributed by atoms with Gasteiger partial charge in [0.25, 0.3) is 11.8 Å². The van der Waals surface area contributed by atoms with E-state index >= 15 is 0 Å². The van der Waals surface area contributed by atoms with E-state index in [9.17, 15) is 19.5 Å². The molecule has 3 aliphatic heterocycles. The Balaban J connectivity index is 1.00. The number of β-lactam (4-membered cyclic amide) rings is 1. The summed E-state index contributed by atoms with van der Waals surface area (Å²) in [6.45, 7) is 6.61. The van der Waals surface area contributed by atoms with Gasteiger partial charge in [0.2, 0.25) is 5.16 Å². The second-order valence-corrected chi connectivity index (χ2v) is 14.2. The number of carboxylic acids is 1. The van der Waals surface area contributed by atoms with Crippen molar-refractivity contribution < 1.29 is 24.3 Å². The molecular formula is C29H35N11O5S3. The molecule has 2 aromatic heterocycles. The molecule has 6 rings (SSSR count). The van der Waals surface area contributed by atoms with Crippen LogP contribution in [0.1, 0.15) is 17.7 Å². The smallest absolute Gasteiger partial charge is 0.352 e. The minimum atomic E-state index is -1.21. The SMILES string of the molecule is CON=C(C(=O)NC1C(=O)N2C(C(=O)O)=C(CSc3nnnn3CCCN3CCN(Cc4ccccc4)CC3)CS[C@H]12)c1csc(N)n1. The molecular weight excluding hydrogens is 679 g/mol. The van der Waals surface area contributed by atoms with E-state index in [4.69, 9.17) is 10.6 Å². The maximum absolute atomic E-state index is 13.2. The maximum atomic E-state index is 13.2. The Morgan fingerprint density at radius 2 is 1.94 bits per heavy atom. The molecule has 0 radical (unpaired) electrons. The lowest BCUT2D eigenvalue weighted by Gasteiger charge is -2.49. The van der Waals surface area contributed by atoms with Gasteiger partial charge in [0.15, 0.2) is 10.8 Å². The molecule has 254 valence electrons. The van der Waals surface area contributed by atoms with E-state index in [0.717, 1.165) is 57.0 Å². The highest BCUT2D eigenvalue weighted by molar-refractivity contribution is 8.01. The molecule has 16 nitrogen and oxygen atoms in total. The van der Waals surface area contributed by atoms with E-state index in [2.05, 4.69) is 65.0 Å². The second kappa shape index (κ2) is 15.5. The molecule has 48 heavy (non-hydrogen) atoms. The predicted molar refractivity (Wildman–Crippen MR) is 181 cm³/mol. The maximum Gasteiger partial charge on any atom is 0.352 e. The molecule has 0 saturated carbocycles. The highest BCUT2D eigenvalue weighted by Crippen LogP contribution is 2.41. The summed E-state index contributed by atoms with van der Waals surface area (Å²) in [5.74, 6) is -1.77. The Hall–Kier alpha value is -4.04. The largest absolute Gasteiger partial charge is 0.477 e. The first-order valence-electron chi connectivity index (χ1n) is 15.2. The number of carboxylic acid groups (broad SMARTS) is 1. The number of tetrazole rings is 1. The fraction of sp³-hybridized carbons (Fsp3) is 0.448. The van der Waals surface area contributed by atoms with Crippen LogP contribution in [0, 0.1) is 0 Å². The first-order chi connectivity index (χ1) is 23.3. The van der Waals surface area contributed by atoms with Gasteiger partial charge in [-0.15, -0.1) is 28.2 Å². The number of rotatable bonds is 14. The average Bonchev–Trinajstić information content (AvgIpc) is 3.74. The van der Waals surface area contributed by atoms with Gasteiger partial charge in [0.1, 0.15) is 29.9 Å². The van der Waals surface area contributed by atoms with Crippen LogP contribution in [0.25, 0.3) is 0 Å². The van der Waals surface area contributed by atoms with E-state index in [1.54, 1.807) is 10.1 Å². The van der Waals surface area contributed by atoms with Gasteiger partial charge in [-0.25, -0.2) is 14.5 Å². The summed E-state index contributed by atoms with van der Waals surface area (Å²) >= 11 is 3.84. The molecule has 19 heteroatoms. The van der Waals surface area contributed by atoms with Crippen LogP contribution in [0.5, 0.6) is 0 Å². The number of piperazine rings is 1. The van der Waals surface area contributed by atoms with Crippen molar-refractivity contribution in [1.82, 2.24) is 45.2 Å². The average molecular weight is 714 g/mol. The van der Waals surface area contributed by atoms with E-state index in [0.29, 0.717) is 28.8 Å². The van der Waals surface area contributed by atoms with Gasteiger partial charge in [-0.2, -0.15) is 0 Å². The van der Waals surface area contributed by atoms with E-state index in [-0.39, 0.29) is 22.2 Å². The van der Waals surface area contributed by atoms with Gasteiger partial charge in [-0.3, -0.25) is 19.4 Å². The third-order valence-electron chi connectivity index (χ3n) is 8.13. The van der Waals surface area contributed by atoms with Crippen LogP contribution < -0.4 is 11.1 Å². The lowest BCUT2D eigenvalue weighted by Crippen LogP contribution is -2.71. The Morgan fingerprint density at radius 1 is 1.17 bits per heavy atom. The van der Waals surface area contributed by atoms with Crippen LogP contribution >= 0.6 is 34.9 Å². The van der Waals surface area contributed by atoms with Crippen LogP contribution in [0.15, 0.2) is 57.3 Å². The van der Waals surface area contributed by atoms with Crippen molar-refractivity contribution in [2.75, 3.05) is 57.1 Å². The third-order valence-corrected chi connectivity index (χ3v) is 11.2. The number of nitrogens with one attached hydrogen (secondary N) is 1. The van der Waals surface area contributed by atoms with E-state index in [1.807, 2.05) is 6.07 Å². The number of aryl methyl sites for hydroxylation is 1. The number of nitrogens with two attached hydrogens (primary N) is 1. The number of amides is 2. The minimum absolute atomic E-state index is 0.0785. The molecule has 5 heterocycles. The number of nitrogens with zero attached hydrogens (tertiary/aromatic N) is 9. The number of carbonyl (C=O) groups is 3. The Labute approximate surface area is 288 Å². The Morgan fingerprint density at radius 3 is 2.65 bits per heavy atom. The monoisotopic (exact) mass is 713 g/mol. The molecule has 1 aromatic carbocycles. The van der Waals surface area contributed by atoms with Crippen molar-refractivity contribution in [3.05, 3.63) is 58.2 Å². The third kappa shape index (κ3) is 7.64. The first-order valence-corrected chi connectivity index (χ1v) is 18.1. The lowest BCUT2D eigenvalue weighted by atomic mass is 10.0. The van der Waals surface area contributed by atoms with E-state index in [1.165, 1.54) is 41.1 Å². The Bertz CT molecular complexity index is 1690. The number of aromatic nitrogens is 5. The van der Waals surface area contributed by atoms with Gasteiger partial charge in [-0.1, -0.05) is 47.2 Å². The zero-order valence-electron chi connectivity index (χ0n) is 26.1. The summed E-state index contributed by atoms with van der Waals surface area (Å²) < 4.78 is 1.74. The summed E-state index contributed by atoms with van der Waals surface area (Å²) in [4.78, 5) is 53.6. The molecule has 4 N–H and O–H groups in total. The van der Waals surface area contributed by atoms with Gasteiger partial charge in [0, 0.05) is 62.7 Å². The highest BCUT2D eigenvalue weighted by Gasteiger charge is 2.54. The predicted octanol–water partition coefficient (Wildman–Crippen LogP) is 0.801. The molecule has 0 aliphatic carbocycles. The van der Waals surface area contributed by atoms with E-state index < -0.39 is 29.2 Å². The quantitative estimate of drug-likeness (QED) is 0.0918. The number of thioether (sulfide) groups is 2.